The number of hydrogen-bond acceptors (Lipinski definition) is 5. The van der Waals surface area contributed by atoms with E-state index in [9.17, 15) is 42.1 Å². The molecule has 0 fully saturated rings. The number of halogens is 5. The van der Waals surface area contributed by atoms with Gasteiger partial charge in [-0.1, -0.05) is 89.3 Å². The molecule has 1 aliphatic rings. The molecule has 1 aliphatic heterocycles. The minimum Gasteiger partial charge on any atom is -0.550 e. The Morgan fingerprint density at radius 3 is 1.96 bits per heavy atom. The maximum Gasteiger partial charge on any atom is 0.453 e. The smallest absolute Gasteiger partial charge is 0.453 e. The zero-order chi connectivity index (χ0) is 33.1. The van der Waals surface area contributed by atoms with E-state index < -0.39 is 30.4 Å². The number of carbonyl (C=O) groups is 1. The molecule has 45 heavy (non-hydrogen) atoms. The van der Waals surface area contributed by atoms with E-state index in [2.05, 4.69) is 6.92 Å². The highest BCUT2D eigenvalue weighted by molar-refractivity contribution is 5.67. The third kappa shape index (κ3) is 10.5. The first kappa shape index (κ1) is 36.4. The molecule has 3 atom stereocenters. The summed E-state index contributed by atoms with van der Waals surface area (Å²) in [7, 11) is 0. The van der Waals surface area contributed by atoms with Crippen LogP contribution in [0.2, 0.25) is 0 Å². The van der Waals surface area contributed by atoms with E-state index in [0.717, 1.165) is 62.5 Å². The summed E-state index contributed by atoms with van der Waals surface area (Å²) >= 11 is 0. The largest absolute Gasteiger partial charge is 0.550 e. The van der Waals surface area contributed by atoms with Crippen molar-refractivity contribution < 1.29 is 46.8 Å². The fourth-order valence-electron chi connectivity index (χ4n) is 6.44. The number of benzene rings is 2. The fourth-order valence-corrected chi connectivity index (χ4v) is 6.44. The number of phenolic OH excluding ortho intramolecular Hbond substituents is 2. The van der Waals surface area contributed by atoms with Crippen molar-refractivity contribution in [1.29, 1.82) is 0 Å². The number of fused-ring (bicyclic) bond motifs is 1. The van der Waals surface area contributed by atoms with Crippen molar-refractivity contribution in [2.45, 2.75) is 127 Å². The van der Waals surface area contributed by atoms with Crippen LogP contribution in [0.25, 0.3) is 0 Å². The van der Waals surface area contributed by atoms with Gasteiger partial charge in [-0.15, -0.1) is 0 Å². The minimum absolute atomic E-state index is 0.166. The van der Waals surface area contributed by atoms with Crippen LogP contribution in [0.4, 0.5) is 22.0 Å². The van der Waals surface area contributed by atoms with Crippen molar-refractivity contribution >= 4 is 5.97 Å². The van der Waals surface area contributed by atoms with Gasteiger partial charge in [0.1, 0.15) is 17.2 Å². The van der Waals surface area contributed by atoms with Gasteiger partial charge in [-0.2, -0.15) is 22.0 Å². The van der Waals surface area contributed by atoms with E-state index >= 15 is 0 Å². The summed E-state index contributed by atoms with van der Waals surface area (Å²) in [4.78, 5) is 11.5. The maximum absolute atomic E-state index is 13.0. The second-order valence-corrected chi connectivity index (χ2v) is 12.8. The van der Waals surface area contributed by atoms with Crippen LogP contribution in [-0.2, 0) is 10.2 Å². The van der Waals surface area contributed by atoms with Crippen LogP contribution in [-0.4, -0.2) is 34.9 Å². The Labute approximate surface area is 262 Å². The first-order valence-electron chi connectivity index (χ1n) is 16.2. The average Bonchev–Trinajstić information content (AvgIpc) is 2.97. The van der Waals surface area contributed by atoms with Gasteiger partial charge in [-0.05, 0) is 60.9 Å². The standard InChI is InChI=1S/C35H47F5O5/c1-33(26-16-18-27(41)19-17-26)24-45-31-23-28(42)20-21-29(31)30(33)15-11-6-4-2-3-5-9-13-25(32(43)44)14-10-7-8-12-22-34(36,37)35(38,39)40/h16-21,23,25,30,41-42H,2-15,22,24H2,1H3,(H,43,44)/p-1. The summed E-state index contributed by atoms with van der Waals surface area (Å²) in [5.74, 6) is -5.19. The first-order chi connectivity index (χ1) is 21.2. The molecule has 2 N–H and O–H groups in total. The molecule has 1 heterocycles. The minimum atomic E-state index is -5.53. The summed E-state index contributed by atoms with van der Waals surface area (Å²) in [5, 5.41) is 31.3. The van der Waals surface area contributed by atoms with Crippen LogP contribution < -0.4 is 9.84 Å². The number of ether oxygens (including phenoxy) is 1. The van der Waals surface area contributed by atoms with E-state index in [1.54, 1.807) is 24.3 Å². The Bertz CT molecular complexity index is 1200. The number of alkyl halides is 5. The average molecular weight is 642 g/mol. The van der Waals surface area contributed by atoms with Gasteiger partial charge in [0.05, 0.1) is 6.61 Å². The molecule has 0 radical (unpaired) electrons. The molecule has 0 saturated carbocycles. The zero-order valence-corrected chi connectivity index (χ0v) is 26.0. The number of unbranched alkanes of at least 4 members (excludes halogenated alkanes) is 9. The lowest BCUT2D eigenvalue weighted by Crippen LogP contribution is -2.40. The van der Waals surface area contributed by atoms with Gasteiger partial charge in [0.15, 0.2) is 0 Å². The van der Waals surface area contributed by atoms with Crippen molar-refractivity contribution in [1.82, 2.24) is 0 Å². The Hall–Kier alpha value is -3.04. The molecule has 3 unspecified atom stereocenters. The van der Waals surface area contributed by atoms with Crippen molar-refractivity contribution in [2.24, 2.45) is 5.92 Å². The van der Waals surface area contributed by atoms with Crippen molar-refractivity contribution in [3.05, 3.63) is 53.6 Å². The molecule has 10 heteroatoms. The highest BCUT2D eigenvalue weighted by Gasteiger charge is 2.56. The van der Waals surface area contributed by atoms with Crippen LogP contribution >= 0.6 is 0 Å². The summed E-state index contributed by atoms with van der Waals surface area (Å²) < 4.78 is 68.7. The Balaban J connectivity index is 1.34. The molecular formula is C35H46F5O5-. The van der Waals surface area contributed by atoms with Crippen molar-refractivity contribution in [3.8, 4) is 17.2 Å². The Morgan fingerprint density at radius 1 is 0.844 bits per heavy atom. The molecule has 0 aliphatic carbocycles. The molecule has 0 aromatic heterocycles. The van der Waals surface area contributed by atoms with E-state index in [-0.39, 0.29) is 35.7 Å². The SMILES string of the molecule is CC1(c2ccc(O)cc2)COc2cc(O)ccc2C1CCCCCCCCCC(CCCCCCC(F)(F)C(F)(F)F)C(=O)[O-]. The molecule has 0 saturated heterocycles. The number of carboxylic acids is 1. The van der Waals surface area contributed by atoms with E-state index in [1.165, 1.54) is 0 Å². The summed E-state index contributed by atoms with van der Waals surface area (Å²) in [6, 6.07) is 12.6. The van der Waals surface area contributed by atoms with Crippen LogP contribution in [0.1, 0.15) is 120 Å². The van der Waals surface area contributed by atoms with Gasteiger partial charge in [-0.3, -0.25) is 0 Å². The van der Waals surface area contributed by atoms with Gasteiger partial charge < -0.3 is 24.9 Å². The highest BCUT2D eigenvalue weighted by Crippen LogP contribution is 2.50. The van der Waals surface area contributed by atoms with E-state index in [1.807, 2.05) is 18.2 Å². The molecule has 0 amide bonds. The predicted molar refractivity (Wildman–Crippen MR) is 161 cm³/mol. The van der Waals surface area contributed by atoms with Crippen LogP contribution in [0.15, 0.2) is 42.5 Å². The number of aromatic hydroxyl groups is 2. The van der Waals surface area contributed by atoms with E-state index in [0.29, 0.717) is 38.0 Å². The quantitative estimate of drug-likeness (QED) is 0.118. The fraction of sp³-hybridized carbons (Fsp3) is 0.629. The number of hydrogen-bond donors (Lipinski definition) is 2. The summed E-state index contributed by atoms with van der Waals surface area (Å²) in [6.07, 6.45) is 2.57. The molecular weight excluding hydrogens is 595 g/mol. The van der Waals surface area contributed by atoms with Crippen molar-refractivity contribution in [2.75, 3.05) is 6.61 Å². The lowest BCUT2D eigenvalue weighted by molar-refractivity contribution is -0.312. The highest BCUT2D eigenvalue weighted by atomic mass is 19.4. The topological polar surface area (TPSA) is 89.8 Å². The van der Waals surface area contributed by atoms with Gasteiger partial charge >= 0.3 is 12.1 Å². The number of phenols is 2. The first-order valence-corrected chi connectivity index (χ1v) is 16.2. The monoisotopic (exact) mass is 641 g/mol. The number of aliphatic carboxylic acids is 1. The number of carbonyl (C=O) groups excluding carboxylic acids is 1. The molecule has 252 valence electrons. The molecule has 5 nitrogen and oxygen atoms in total. The lowest BCUT2D eigenvalue weighted by atomic mass is 9.66. The van der Waals surface area contributed by atoms with Crippen molar-refractivity contribution in [3.63, 3.8) is 0 Å². The molecule has 0 spiro atoms. The lowest BCUT2D eigenvalue weighted by Gasteiger charge is -2.43. The molecule has 2 aromatic carbocycles. The molecule has 2 aromatic rings. The predicted octanol–water partition coefficient (Wildman–Crippen LogP) is 8.95. The number of rotatable bonds is 19. The second-order valence-electron chi connectivity index (χ2n) is 12.8. The molecule has 3 rings (SSSR count). The number of carboxylic acid groups (broad SMARTS) is 1. The van der Waals surface area contributed by atoms with Gasteiger partial charge in [-0.25, -0.2) is 0 Å². The zero-order valence-electron chi connectivity index (χ0n) is 26.0. The van der Waals surface area contributed by atoms with Crippen LogP contribution in [0, 0.1) is 5.92 Å². The third-order valence-corrected chi connectivity index (χ3v) is 9.28. The normalized spacial score (nSPS) is 19.1. The second kappa shape index (κ2) is 16.5. The van der Waals surface area contributed by atoms with Gasteiger partial charge in [0.2, 0.25) is 0 Å². The maximum atomic E-state index is 13.0. The van der Waals surface area contributed by atoms with Gasteiger partial charge in [0.25, 0.3) is 0 Å². The van der Waals surface area contributed by atoms with Gasteiger partial charge in [0, 0.05) is 29.8 Å². The summed E-state index contributed by atoms with van der Waals surface area (Å²) in [6.45, 7) is 2.65. The molecule has 0 bridgehead atoms. The third-order valence-electron chi connectivity index (χ3n) is 9.28. The van der Waals surface area contributed by atoms with E-state index in [4.69, 9.17) is 4.74 Å². The van der Waals surface area contributed by atoms with Crippen LogP contribution in [0.3, 0.4) is 0 Å². The summed E-state index contributed by atoms with van der Waals surface area (Å²) in [5.41, 5.74) is 1.86. The Morgan fingerprint density at radius 2 is 1.38 bits per heavy atom. The van der Waals surface area contributed by atoms with Crippen LogP contribution in [0.5, 0.6) is 17.2 Å². The Kier molecular flexibility index (Phi) is 13.4.